The van der Waals surface area contributed by atoms with E-state index in [0.717, 1.165) is 25.3 Å². The first-order chi connectivity index (χ1) is 8.02. The molecule has 0 radical (unpaired) electrons. The van der Waals surface area contributed by atoms with E-state index in [1.165, 1.54) is 11.1 Å². The first-order valence-corrected chi connectivity index (χ1v) is 6.10. The van der Waals surface area contributed by atoms with Gasteiger partial charge in [-0.05, 0) is 38.9 Å². The average molecular weight is 236 g/mol. The van der Waals surface area contributed by atoms with Gasteiger partial charge in [-0.3, -0.25) is 0 Å². The van der Waals surface area contributed by atoms with Crippen LogP contribution in [-0.4, -0.2) is 38.2 Å². The summed E-state index contributed by atoms with van der Waals surface area (Å²) in [5.41, 5.74) is 8.32. The van der Waals surface area contributed by atoms with Gasteiger partial charge in [-0.2, -0.15) is 0 Å². The van der Waals surface area contributed by atoms with Crippen molar-refractivity contribution in [2.45, 2.75) is 26.3 Å². The molecular weight excluding hydrogens is 212 g/mol. The molecule has 0 spiro atoms. The SMILES string of the molecule is COc1ccc(C)cc1CCN(C)CC(C)N. The molecule has 2 N–H and O–H groups in total. The molecule has 0 aliphatic carbocycles. The summed E-state index contributed by atoms with van der Waals surface area (Å²) in [6.45, 7) is 6.06. The van der Waals surface area contributed by atoms with Gasteiger partial charge in [-0.1, -0.05) is 17.7 Å². The van der Waals surface area contributed by atoms with Crippen LogP contribution in [0.1, 0.15) is 18.1 Å². The minimum atomic E-state index is 0.222. The molecule has 0 aromatic heterocycles. The molecule has 3 heteroatoms. The van der Waals surface area contributed by atoms with Crippen molar-refractivity contribution in [1.29, 1.82) is 0 Å². The van der Waals surface area contributed by atoms with Gasteiger partial charge in [0.1, 0.15) is 5.75 Å². The molecule has 1 unspecified atom stereocenters. The second-order valence-corrected chi connectivity index (χ2v) is 4.80. The summed E-state index contributed by atoms with van der Waals surface area (Å²) in [5.74, 6) is 0.977. The number of likely N-dealkylation sites (N-methyl/N-ethyl adjacent to an activating group) is 1. The second kappa shape index (κ2) is 6.62. The van der Waals surface area contributed by atoms with Crippen LogP contribution in [0.2, 0.25) is 0 Å². The Morgan fingerprint density at radius 2 is 2.12 bits per heavy atom. The van der Waals surface area contributed by atoms with Crippen LogP contribution in [0, 0.1) is 6.92 Å². The van der Waals surface area contributed by atoms with Crippen LogP contribution in [-0.2, 0) is 6.42 Å². The van der Waals surface area contributed by atoms with Crippen molar-refractivity contribution in [2.75, 3.05) is 27.2 Å². The normalized spacial score (nSPS) is 12.8. The summed E-state index contributed by atoms with van der Waals surface area (Å²) in [4.78, 5) is 2.26. The van der Waals surface area contributed by atoms with E-state index in [1.807, 2.05) is 13.0 Å². The highest BCUT2D eigenvalue weighted by Crippen LogP contribution is 2.20. The van der Waals surface area contributed by atoms with Crippen molar-refractivity contribution in [1.82, 2.24) is 4.90 Å². The third-order valence-electron chi connectivity index (χ3n) is 2.80. The number of nitrogens with zero attached hydrogens (tertiary/aromatic N) is 1. The Bertz CT molecular complexity index is 350. The standard InChI is InChI=1S/C14H24N2O/c1-11-5-6-14(17-4)13(9-11)7-8-16(3)10-12(2)15/h5-6,9,12H,7-8,10,15H2,1-4H3. The number of benzene rings is 1. The molecule has 0 bridgehead atoms. The molecular formula is C14H24N2O. The van der Waals surface area contributed by atoms with Crippen molar-refractivity contribution >= 4 is 0 Å². The fourth-order valence-corrected chi connectivity index (χ4v) is 2.00. The maximum absolute atomic E-state index is 5.78. The lowest BCUT2D eigenvalue weighted by Gasteiger charge is -2.19. The maximum atomic E-state index is 5.78. The Balaban J connectivity index is 2.58. The Morgan fingerprint density at radius 3 is 2.71 bits per heavy atom. The van der Waals surface area contributed by atoms with E-state index in [0.29, 0.717) is 0 Å². The second-order valence-electron chi connectivity index (χ2n) is 4.80. The molecule has 0 amide bonds. The highest BCUT2D eigenvalue weighted by atomic mass is 16.5. The van der Waals surface area contributed by atoms with Crippen molar-refractivity contribution in [2.24, 2.45) is 5.73 Å². The number of rotatable bonds is 6. The highest BCUT2D eigenvalue weighted by molar-refractivity contribution is 5.37. The van der Waals surface area contributed by atoms with Crippen molar-refractivity contribution < 1.29 is 4.74 Å². The number of hydrogen-bond donors (Lipinski definition) is 1. The monoisotopic (exact) mass is 236 g/mol. The summed E-state index contributed by atoms with van der Waals surface area (Å²) < 4.78 is 5.37. The highest BCUT2D eigenvalue weighted by Gasteiger charge is 2.06. The molecule has 1 aromatic carbocycles. The Morgan fingerprint density at radius 1 is 1.41 bits per heavy atom. The zero-order chi connectivity index (χ0) is 12.8. The van der Waals surface area contributed by atoms with E-state index in [9.17, 15) is 0 Å². The predicted molar refractivity (Wildman–Crippen MR) is 72.6 cm³/mol. The smallest absolute Gasteiger partial charge is 0.122 e. The molecule has 0 heterocycles. The first kappa shape index (κ1) is 14.0. The van der Waals surface area contributed by atoms with Gasteiger partial charge in [0.05, 0.1) is 7.11 Å². The molecule has 0 aliphatic heterocycles. The molecule has 0 saturated carbocycles. The lowest BCUT2D eigenvalue weighted by molar-refractivity contribution is 0.318. The lowest BCUT2D eigenvalue weighted by Crippen LogP contribution is -2.34. The fourth-order valence-electron chi connectivity index (χ4n) is 2.00. The van der Waals surface area contributed by atoms with Crippen LogP contribution < -0.4 is 10.5 Å². The van der Waals surface area contributed by atoms with Crippen LogP contribution in [0.4, 0.5) is 0 Å². The maximum Gasteiger partial charge on any atom is 0.122 e. The van der Waals surface area contributed by atoms with Gasteiger partial charge in [0.25, 0.3) is 0 Å². The van der Waals surface area contributed by atoms with E-state index in [4.69, 9.17) is 10.5 Å². The minimum absolute atomic E-state index is 0.222. The van der Waals surface area contributed by atoms with Gasteiger partial charge in [-0.25, -0.2) is 0 Å². The number of nitrogens with two attached hydrogens (primary N) is 1. The molecule has 1 atom stereocenters. The quantitative estimate of drug-likeness (QED) is 0.819. The number of hydrogen-bond acceptors (Lipinski definition) is 3. The van der Waals surface area contributed by atoms with Crippen LogP contribution in [0.5, 0.6) is 5.75 Å². The van der Waals surface area contributed by atoms with Gasteiger partial charge < -0.3 is 15.4 Å². The molecule has 1 aromatic rings. The molecule has 1 rings (SSSR count). The Kier molecular flexibility index (Phi) is 5.45. The molecule has 17 heavy (non-hydrogen) atoms. The van der Waals surface area contributed by atoms with Crippen molar-refractivity contribution in [3.05, 3.63) is 29.3 Å². The van der Waals surface area contributed by atoms with E-state index >= 15 is 0 Å². The molecule has 96 valence electrons. The van der Waals surface area contributed by atoms with E-state index in [1.54, 1.807) is 7.11 Å². The van der Waals surface area contributed by atoms with Crippen LogP contribution in [0.3, 0.4) is 0 Å². The van der Waals surface area contributed by atoms with Gasteiger partial charge in [0.15, 0.2) is 0 Å². The predicted octanol–water partition coefficient (Wildman–Crippen LogP) is 1.83. The van der Waals surface area contributed by atoms with Crippen molar-refractivity contribution in [3.63, 3.8) is 0 Å². The summed E-state index contributed by atoms with van der Waals surface area (Å²) in [6.07, 6.45) is 0.994. The van der Waals surface area contributed by atoms with Crippen molar-refractivity contribution in [3.8, 4) is 5.75 Å². The van der Waals surface area contributed by atoms with Crippen LogP contribution in [0.15, 0.2) is 18.2 Å². The van der Waals surface area contributed by atoms with Gasteiger partial charge in [-0.15, -0.1) is 0 Å². The number of aryl methyl sites for hydroxylation is 1. The largest absolute Gasteiger partial charge is 0.496 e. The average Bonchev–Trinajstić information content (AvgIpc) is 2.25. The van der Waals surface area contributed by atoms with Crippen LogP contribution in [0.25, 0.3) is 0 Å². The summed E-state index contributed by atoms with van der Waals surface area (Å²) in [6, 6.07) is 6.53. The zero-order valence-electron chi connectivity index (χ0n) is 11.4. The van der Waals surface area contributed by atoms with Gasteiger partial charge >= 0.3 is 0 Å². The fraction of sp³-hybridized carbons (Fsp3) is 0.571. The van der Waals surface area contributed by atoms with Crippen LogP contribution >= 0.6 is 0 Å². The molecule has 0 saturated heterocycles. The minimum Gasteiger partial charge on any atom is -0.496 e. The zero-order valence-corrected chi connectivity index (χ0v) is 11.4. The summed E-state index contributed by atoms with van der Waals surface area (Å²) >= 11 is 0. The summed E-state index contributed by atoms with van der Waals surface area (Å²) in [7, 11) is 3.82. The third kappa shape index (κ3) is 4.75. The van der Waals surface area contributed by atoms with E-state index in [2.05, 4.69) is 31.0 Å². The summed E-state index contributed by atoms with van der Waals surface area (Å²) in [5, 5.41) is 0. The third-order valence-corrected chi connectivity index (χ3v) is 2.80. The van der Waals surface area contributed by atoms with E-state index < -0.39 is 0 Å². The molecule has 0 aliphatic rings. The van der Waals surface area contributed by atoms with E-state index in [-0.39, 0.29) is 6.04 Å². The number of methoxy groups -OCH3 is 1. The first-order valence-electron chi connectivity index (χ1n) is 6.10. The Hall–Kier alpha value is -1.06. The number of ether oxygens (including phenoxy) is 1. The molecule has 3 nitrogen and oxygen atoms in total. The topological polar surface area (TPSA) is 38.5 Å². The Labute approximate surface area is 105 Å². The lowest BCUT2D eigenvalue weighted by atomic mass is 10.1. The van der Waals surface area contributed by atoms with Gasteiger partial charge in [0, 0.05) is 19.1 Å². The van der Waals surface area contributed by atoms with Gasteiger partial charge in [0.2, 0.25) is 0 Å². The molecule has 0 fully saturated rings.